The Morgan fingerprint density at radius 1 is 1.12 bits per heavy atom. The van der Waals surface area contributed by atoms with Crippen LogP contribution >= 0.6 is 0 Å². The van der Waals surface area contributed by atoms with Crippen molar-refractivity contribution < 1.29 is 19.1 Å². The van der Waals surface area contributed by atoms with Crippen LogP contribution in [0.2, 0.25) is 0 Å². The molecule has 0 fully saturated rings. The van der Waals surface area contributed by atoms with Crippen molar-refractivity contribution in [3.05, 3.63) is 65.2 Å². The summed E-state index contributed by atoms with van der Waals surface area (Å²) in [5.74, 6) is 0.191. The van der Waals surface area contributed by atoms with Crippen LogP contribution in [-0.2, 0) is 16.0 Å². The highest BCUT2D eigenvalue weighted by atomic mass is 16.5. The van der Waals surface area contributed by atoms with Gasteiger partial charge >= 0.3 is 5.97 Å². The number of ether oxygens (including phenoxy) is 2. The maximum Gasteiger partial charge on any atom is 0.337 e. The van der Waals surface area contributed by atoms with Crippen LogP contribution in [0, 0.1) is 5.92 Å². The van der Waals surface area contributed by atoms with Crippen molar-refractivity contribution in [2.75, 3.05) is 7.11 Å². The molecule has 2 aromatic rings. The third kappa shape index (κ3) is 2.71. The van der Waals surface area contributed by atoms with Gasteiger partial charge in [-0.25, -0.2) is 4.79 Å². The van der Waals surface area contributed by atoms with Crippen molar-refractivity contribution >= 4 is 23.6 Å². The minimum absolute atomic E-state index is 0.272. The molecule has 25 heavy (non-hydrogen) atoms. The Balaban J connectivity index is 1.66. The molecule has 0 aromatic heterocycles. The topological polar surface area (TPSA) is 77.3 Å². The first kappa shape index (κ1) is 15.3. The largest absolute Gasteiger partial charge is 0.465 e. The number of hydrogen-bond acceptors (Lipinski definition) is 5. The van der Waals surface area contributed by atoms with E-state index in [1.165, 1.54) is 7.11 Å². The van der Waals surface area contributed by atoms with Crippen molar-refractivity contribution in [2.24, 2.45) is 15.9 Å². The molecular formula is C19H14N2O4. The van der Waals surface area contributed by atoms with Crippen LogP contribution in [0.15, 0.2) is 58.5 Å². The van der Waals surface area contributed by atoms with Gasteiger partial charge in [0.15, 0.2) is 5.84 Å². The number of aliphatic imine (C=N–C) groups is 2. The van der Waals surface area contributed by atoms with Gasteiger partial charge in [0.05, 0.1) is 12.7 Å². The molecule has 2 heterocycles. The van der Waals surface area contributed by atoms with Gasteiger partial charge in [0.1, 0.15) is 11.7 Å². The molecule has 2 aliphatic rings. The van der Waals surface area contributed by atoms with Crippen molar-refractivity contribution in [1.82, 2.24) is 0 Å². The standard InChI is InChI=1S/C19H14N2O4/c1-24-19(23)12-8-6-11(7-9-12)16-20-17(22)14-10-13-4-2-3-5-15(13)25-18(14)21-16/h2-9,14H,10H2,1H3. The molecule has 4 rings (SSSR count). The van der Waals surface area contributed by atoms with E-state index in [9.17, 15) is 9.59 Å². The van der Waals surface area contributed by atoms with E-state index in [1.54, 1.807) is 24.3 Å². The number of fused-ring (bicyclic) bond motifs is 2. The number of rotatable bonds is 2. The second kappa shape index (κ2) is 5.98. The van der Waals surface area contributed by atoms with Crippen LogP contribution in [0.1, 0.15) is 21.5 Å². The maximum absolute atomic E-state index is 12.4. The molecule has 6 nitrogen and oxygen atoms in total. The Hall–Kier alpha value is -3.28. The molecule has 0 radical (unpaired) electrons. The molecule has 0 aliphatic carbocycles. The van der Waals surface area contributed by atoms with Crippen molar-refractivity contribution in [3.8, 4) is 5.75 Å². The molecule has 0 saturated carbocycles. The number of amides is 1. The molecular weight excluding hydrogens is 320 g/mol. The lowest BCUT2D eigenvalue weighted by Gasteiger charge is -2.26. The molecule has 0 saturated heterocycles. The molecule has 0 N–H and O–H groups in total. The lowest BCUT2D eigenvalue weighted by atomic mass is 9.94. The van der Waals surface area contributed by atoms with E-state index >= 15 is 0 Å². The van der Waals surface area contributed by atoms with Crippen LogP contribution in [0.3, 0.4) is 0 Å². The van der Waals surface area contributed by atoms with Crippen LogP contribution in [0.25, 0.3) is 0 Å². The van der Waals surface area contributed by atoms with Crippen LogP contribution in [-0.4, -0.2) is 30.7 Å². The number of carbonyl (C=O) groups is 2. The van der Waals surface area contributed by atoms with Crippen molar-refractivity contribution in [3.63, 3.8) is 0 Å². The highest BCUT2D eigenvalue weighted by Crippen LogP contribution is 2.30. The average Bonchev–Trinajstić information content (AvgIpc) is 2.66. The molecule has 0 spiro atoms. The third-order valence-corrected chi connectivity index (χ3v) is 4.20. The van der Waals surface area contributed by atoms with E-state index in [0.717, 1.165) is 5.56 Å². The van der Waals surface area contributed by atoms with E-state index in [2.05, 4.69) is 14.7 Å². The van der Waals surface area contributed by atoms with Gasteiger partial charge in [-0.3, -0.25) is 4.79 Å². The minimum Gasteiger partial charge on any atom is -0.465 e. The second-order valence-corrected chi connectivity index (χ2v) is 5.76. The summed E-state index contributed by atoms with van der Waals surface area (Å²) in [6.07, 6.45) is 0.534. The van der Waals surface area contributed by atoms with Gasteiger partial charge in [-0.15, -0.1) is 0 Å². The number of amidine groups is 1. The Kier molecular flexibility index (Phi) is 3.65. The number of methoxy groups -OCH3 is 1. The van der Waals surface area contributed by atoms with Gasteiger partial charge in [-0.2, -0.15) is 9.98 Å². The summed E-state index contributed by atoms with van der Waals surface area (Å²) < 4.78 is 10.5. The number of nitrogens with zero attached hydrogens (tertiary/aromatic N) is 2. The molecule has 6 heteroatoms. The minimum atomic E-state index is -0.479. The SMILES string of the molecule is COC(=O)c1ccc(C2=NC(=O)C3Cc4ccccc4OC3=N2)cc1. The smallest absolute Gasteiger partial charge is 0.337 e. The first-order valence-electron chi connectivity index (χ1n) is 7.81. The van der Waals surface area contributed by atoms with E-state index in [1.807, 2.05) is 24.3 Å². The molecule has 1 amide bonds. The zero-order valence-corrected chi connectivity index (χ0v) is 13.4. The highest BCUT2D eigenvalue weighted by molar-refractivity contribution is 6.19. The summed E-state index contributed by atoms with van der Waals surface area (Å²) in [5.41, 5.74) is 2.03. The Bertz CT molecular complexity index is 929. The molecule has 1 atom stereocenters. The Labute approximate surface area is 143 Å². The number of hydrogen-bond donors (Lipinski definition) is 0. The van der Waals surface area contributed by atoms with Gasteiger partial charge in [-0.1, -0.05) is 30.3 Å². The summed E-state index contributed by atoms with van der Waals surface area (Å²) in [7, 11) is 1.32. The molecule has 2 aliphatic heterocycles. The Morgan fingerprint density at radius 2 is 1.88 bits per heavy atom. The monoisotopic (exact) mass is 334 g/mol. The first-order chi connectivity index (χ1) is 12.2. The van der Waals surface area contributed by atoms with E-state index in [-0.39, 0.29) is 11.7 Å². The zero-order chi connectivity index (χ0) is 17.4. The molecule has 124 valence electrons. The number of para-hydroxylation sites is 1. The van der Waals surface area contributed by atoms with Crippen molar-refractivity contribution in [1.29, 1.82) is 0 Å². The number of carbonyl (C=O) groups excluding carboxylic acids is 2. The normalized spacial score (nSPS) is 18.3. The number of esters is 1. The zero-order valence-electron chi connectivity index (χ0n) is 13.4. The van der Waals surface area contributed by atoms with E-state index < -0.39 is 11.9 Å². The Morgan fingerprint density at radius 3 is 2.64 bits per heavy atom. The van der Waals surface area contributed by atoms with Gasteiger partial charge in [0.2, 0.25) is 5.90 Å². The number of benzene rings is 2. The van der Waals surface area contributed by atoms with Crippen LogP contribution in [0.5, 0.6) is 5.75 Å². The van der Waals surface area contributed by atoms with Gasteiger partial charge < -0.3 is 9.47 Å². The second-order valence-electron chi connectivity index (χ2n) is 5.76. The predicted molar refractivity (Wildman–Crippen MR) is 91.0 cm³/mol. The van der Waals surface area contributed by atoms with Crippen LogP contribution < -0.4 is 4.74 Å². The molecule has 2 aromatic carbocycles. The fourth-order valence-corrected chi connectivity index (χ4v) is 2.87. The van der Waals surface area contributed by atoms with E-state index in [0.29, 0.717) is 29.2 Å². The third-order valence-electron chi connectivity index (χ3n) is 4.20. The van der Waals surface area contributed by atoms with Gasteiger partial charge in [-0.05, 0) is 30.2 Å². The van der Waals surface area contributed by atoms with Gasteiger partial charge in [0.25, 0.3) is 5.91 Å². The summed E-state index contributed by atoms with van der Waals surface area (Å²) >= 11 is 0. The van der Waals surface area contributed by atoms with E-state index in [4.69, 9.17) is 4.74 Å². The summed E-state index contributed by atoms with van der Waals surface area (Å²) in [4.78, 5) is 32.4. The summed E-state index contributed by atoms with van der Waals surface area (Å²) in [6.45, 7) is 0. The summed E-state index contributed by atoms with van der Waals surface area (Å²) in [6, 6.07) is 14.2. The van der Waals surface area contributed by atoms with Gasteiger partial charge in [0, 0.05) is 5.56 Å². The fourth-order valence-electron chi connectivity index (χ4n) is 2.87. The highest BCUT2D eigenvalue weighted by Gasteiger charge is 2.35. The molecule has 0 bridgehead atoms. The van der Waals surface area contributed by atoms with Crippen LogP contribution in [0.4, 0.5) is 0 Å². The quantitative estimate of drug-likeness (QED) is 0.790. The van der Waals surface area contributed by atoms with Crippen molar-refractivity contribution in [2.45, 2.75) is 6.42 Å². The lowest BCUT2D eigenvalue weighted by molar-refractivity contribution is -0.120. The predicted octanol–water partition coefficient (Wildman–Crippen LogP) is 2.41. The fraction of sp³-hybridized carbons (Fsp3) is 0.158. The lowest BCUT2D eigenvalue weighted by Crippen LogP contribution is -2.37. The maximum atomic E-state index is 12.4. The average molecular weight is 334 g/mol. The first-order valence-corrected chi connectivity index (χ1v) is 7.81. The molecule has 1 unspecified atom stereocenters. The summed E-state index contributed by atoms with van der Waals surface area (Å²) in [5, 5.41) is 0.